The highest BCUT2D eigenvalue weighted by Crippen LogP contribution is 2.13. The molecule has 1 aliphatic rings. The molecule has 1 aromatic carbocycles. The van der Waals surface area contributed by atoms with Gasteiger partial charge in [-0.2, -0.15) is 0 Å². The summed E-state index contributed by atoms with van der Waals surface area (Å²) in [7, 11) is 2.18. The number of hydrogen-bond acceptors (Lipinski definition) is 3. The van der Waals surface area contributed by atoms with Crippen molar-refractivity contribution in [1.29, 1.82) is 0 Å². The van der Waals surface area contributed by atoms with Gasteiger partial charge in [-0.05, 0) is 52.3 Å². The lowest BCUT2D eigenvalue weighted by Crippen LogP contribution is -2.47. The number of guanidine groups is 1. The van der Waals surface area contributed by atoms with Gasteiger partial charge in [0.1, 0.15) is 0 Å². The summed E-state index contributed by atoms with van der Waals surface area (Å²) in [6.07, 6.45) is 3.69. The highest BCUT2D eigenvalue weighted by atomic mass is 16.5. The van der Waals surface area contributed by atoms with E-state index >= 15 is 0 Å². The van der Waals surface area contributed by atoms with Crippen LogP contribution in [0, 0.1) is 0 Å². The van der Waals surface area contributed by atoms with E-state index in [1.165, 1.54) is 5.56 Å². The number of nitrogens with zero attached hydrogens (tertiary/aromatic N) is 3. The molecule has 1 aromatic rings. The van der Waals surface area contributed by atoms with Gasteiger partial charge in [0.25, 0.3) is 0 Å². The van der Waals surface area contributed by atoms with Crippen molar-refractivity contribution < 1.29 is 4.74 Å². The third kappa shape index (κ3) is 7.34. The minimum Gasteiger partial charge on any atom is -0.378 e. The number of nitrogens with one attached hydrogen (secondary N) is 1. The second kappa shape index (κ2) is 11.9. The van der Waals surface area contributed by atoms with E-state index in [1.807, 2.05) is 0 Å². The summed E-state index contributed by atoms with van der Waals surface area (Å²) in [5, 5.41) is 3.45. The van der Waals surface area contributed by atoms with E-state index in [9.17, 15) is 0 Å². The van der Waals surface area contributed by atoms with Crippen LogP contribution >= 0.6 is 0 Å². The molecular formula is C21H36N4O. The highest BCUT2D eigenvalue weighted by Gasteiger charge is 2.21. The van der Waals surface area contributed by atoms with Crippen molar-refractivity contribution in [2.24, 2.45) is 4.99 Å². The molecule has 26 heavy (non-hydrogen) atoms. The minimum atomic E-state index is 0.422. The predicted molar refractivity (Wildman–Crippen MR) is 110 cm³/mol. The number of benzene rings is 1. The van der Waals surface area contributed by atoms with E-state index in [1.54, 1.807) is 0 Å². The fraction of sp³-hybridized carbons (Fsp3) is 0.667. The van der Waals surface area contributed by atoms with Gasteiger partial charge in [-0.3, -0.25) is 4.99 Å². The summed E-state index contributed by atoms with van der Waals surface area (Å²) in [5.74, 6) is 1.06. The van der Waals surface area contributed by atoms with Crippen molar-refractivity contribution in [2.45, 2.75) is 45.8 Å². The van der Waals surface area contributed by atoms with E-state index < -0.39 is 0 Å². The van der Waals surface area contributed by atoms with Gasteiger partial charge in [-0.1, -0.05) is 30.3 Å². The largest absolute Gasteiger partial charge is 0.378 e. The smallest absolute Gasteiger partial charge is 0.193 e. The first-order valence-electron chi connectivity index (χ1n) is 10.1. The zero-order valence-electron chi connectivity index (χ0n) is 16.8. The Hall–Kier alpha value is -1.59. The molecular weight excluding hydrogens is 324 g/mol. The van der Waals surface area contributed by atoms with Gasteiger partial charge >= 0.3 is 0 Å². The van der Waals surface area contributed by atoms with Crippen LogP contribution in [0.3, 0.4) is 0 Å². The van der Waals surface area contributed by atoms with Crippen LogP contribution in [-0.4, -0.2) is 68.2 Å². The van der Waals surface area contributed by atoms with Gasteiger partial charge in [0, 0.05) is 39.3 Å². The summed E-state index contributed by atoms with van der Waals surface area (Å²) in [4.78, 5) is 9.60. The summed E-state index contributed by atoms with van der Waals surface area (Å²) in [6.45, 7) is 10.9. The molecule has 0 aliphatic carbocycles. The van der Waals surface area contributed by atoms with Gasteiger partial charge in [0.15, 0.2) is 5.96 Å². The van der Waals surface area contributed by atoms with Crippen LogP contribution in [0.25, 0.3) is 0 Å². The van der Waals surface area contributed by atoms with Gasteiger partial charge in [0.05, 0.1) is 6.10 Å². The second-order valence-corrected chi connectivity index (χ2v) is 6.95. The molecule has 1 fully saturated rings. The van der Waals surface area contributed by atoms with Crippen molar-refractivity contribution >= 4 is 5.96 Å². The van der Waals surface area contributed by atoms with Crippen molar-refractivity contribution in [2.75, 3.05) is 46.4 Å². The Morgan fingerprint density at radius 2 is 1.96 bits per heavy atom. The second-order valence-electron chi connectivity index (χ2n) is 6.95. The topological polar surface area (TPSA) is 40.1 Å². The maximum absolute atomic E-state index is 5.75. The molecule has 2 rings (SSSR count). The van der Waals surface area contributed by atoms with Crippen LogP contribution in [0.1, 0.15) is 38.7 Å². The summed E-state index contributed by atoms with van der Waals surface area (Å²) < 4.78 is 5.75. The Bertz CT molecular complexity index is 512. The average Bonchev–Trinajstić information content (AvgIpc) is 2.66. The normalized spacial score (nSPS) is 16.3. The molecule has 1 heterocycles. The minimum absolute atomic E-state index is 0.422. The molecule has 0 saturated carbocycles. The van der Waals surface area contributed by atoms with E-state index in [0.717, 1.165) is 71.1 Å². The number of piperidine rings is 1. The van der Waals surface area contributed by atoms with Crippen molar-refractivity contribution in [3.63, 3.8) is 0 Å². The Balaban J connectivity index is 1.73. The third-order valence-electron chi connectivity index (χ3n) is 4.73. The van der Waals surface area contributed by atoms with Crippen LogP contribution in [0.5, 0.6) is 0 Å². The summed E-state index contributed by atoms with van der Waals surface area (Å²) in [5.41, 5.74) is 1.36. The van der Waals surface area contributed by atoms with Crippen LogP contribution in [0.15, 0.2) is 35.3 Å². The number of hydrogen-bond donors (Lipinski definition) is 1. The van der Waals surface area contributed by atoms with Gasteiger partial charge in [-0.25, -0.2) is 0 Å². The van der Waals surface area contributed by atoms with E-state index in [4.69, 9.17) is 9.73 Å². The lowest BCUT2D eigenvalue weighted by Gasteiger charge is -2.34. The molecule has 0 spiro atoms. The highest BCUT2D eigenvalue weighted by molar-refractivity contribution is 5.80. The molecule has 5 nitrogen and oxygen atoms in total. The third-order valence-corrected chi connectivity index (χ3v) is 4.73. The molecule has 0 radical (unpaired) electrons. The first kappa shape index (κ1) is 20.7. The number of ether oxygens (including phenoxy) is 1. The first-order valence-corrected chi connectivity index (χ1v) is 10.1. The fourth-order valence-corrected chi connectivity index (χ4v) is 3.40. The molecule has 0 bridgehead atoms. The summed E-state index contributed by atoms with van der Waals surface area (Å²) in [6, 6.07) is 10.6. The molecule has 1 N–H and O–H groups in total. The fourth-order valence-electron chi connectivity index (χ4n) is 3.40. The maximum atomic E-state index is 5.75. The van der Waals surface area contributed by atoms with E-state index in [2.05, 4.69) is 66.3 Å². The molecule has 5 heteroatoms. The molecule has 0 unspecified atom stereocenters. The molecule has 146 valence electrons. The van der Waals surface area contributed by atoms with E-state index in [-0.39, 0.29) is 0 Å². The standard InChI is InChI=1S/C21H36N4O/c1-4-22-21(25-16-12-20(13-17-25)26-5-2)23-14-9-15-24(3)18-19-10-7-6-8-11-19/h6-8,10-11,20H,4-5,9,12-18H2,1-3H3,(H,22,23). The number of likely N-dealkylation sites (tertiary alicyclic amines) is 1. The van der Waals surface area contributed by atoms with Crippen LogP contribution in [0.4, 0.5) is 0 Å². The molecule has 0 atom stereocenters. The monoisotopic (exact) mass is 360 g/mol. The lowest BCUT2D eigenvalue weighted by atomic mass is 10.1. The average molecular weight is 361 g/mol. The Morgan fingerprint density at radius 1 is 1.23 bits per heavy atom. The Labute approximate surface area is 159 Å². The number of aliphatic imine (C=N–C) groups is 1. The van der Waals surface area contributed by atoms with Gasteiger partial charge in [-0.15, -0.1) is 0 Å². The summed E-state index contributed by atoms with van der Waals surface area (Å²) >= 11 is 0. The van der Waals surface area contributed by atoms with Gasteiger partial charge in [0.2, 0.25) is 0 Å². The lowest BCUT2D eigenvalue weighted by molar-refractivity contribution is 0.0264. The predicted octanol–water partition coefficient (Wildman–Crippen LogP) is 2.97. The van der Waals surface area contributed by atoms with Crippen LogP contribution < -0.4 is 5.32 Å². The van der Waals surface area contributed by atoms with Gasteiger partial charge < -0.3 is 19.9 Å². The quantitative estimate of drug-likeness (QED) is 0.418. The first-order chi connectivity index (χ1) is 12.7. The zero-order chi connectivity index (χ0) is 18.6. The van der Waals surface area contributed by atoms with Crippen LogP contribution in [0.2, 0.25) is 0 Å². The van der Waals surface area contributed by atoms with Crippen molar-refractivity contribution in [1.82, 2.24) is 15.1 Å². The molecule has 1 aliphatic heterocycles. The zero-order valence-corrected chi connectivity index (χ0v) is 16.8. The molecule has 0 amide bonds. The molecule has 1 saturated heterocycles. The van der Waals surface area contributed by atoms with Crippen LogP contribution in [-0.2, 0) is 11.3 Å². The van der Waals surface area contributed by atoms with Crippen molar-refractivity contribution in [3.05, 3.63) is 35.9 Å². The number of rotatable bonds is 9. The van der Waals surface area contributed by atoms with Crippen molar-refractivity contribution in [3.8, 4) is 0 Å². The Morgan fingerprint density at radius 3 is 2.62 bits per heavy atom. The Kier molecular flexibility index (Phi) is 9.50. The van der Waals surface area contributed by atoms with E-state index in [0.29, 0.717) is 6.10 Å². The SMILES string of the molecule is CCNC(=NCCCN(C)Cc1ccccc1)N1CCC(OCC)CC1. The molecule has 0 aromatic heterocycles. The maximum Gasteiger partial charge on any atom is 0.193 e.